The van der Waals surface area contributed by atoms with Crippen molar-refractivity contribution in [2.45, 2.75) is 18.8 Å². The monoisotopic (exact) mass is 247 g/mol. The maximum absolute atomic E-state index is 11.9. The van der Waals surface area contributed by atoms with Gasteiger partial charge >= 0.3 is 11.7 Å². The summed E-state index contributed by atoms with van der Waals surface area (Å²) in [4.78, 5) is 25.6. The Morgan fingerprint density at radius 3 is 2.89 bits per heavy atom. The van der Waals surface area contributed by atoms with Crippen LogP contribution in [0, 0.1) is 5.92 Å². The number of carbonyl (C=O) groups is 1. The van der Waals surface area contributed by atoms with E-state index in [1.165, 1.54) is 7.11 Å². The van der Waals surface area contributed by atoms with E-state index >= 15 is 0 Å². The average molecular weight is 247 g/mol. The van der Waals surface area contributed by atoms with Crippen molar-refractivity contribution in [3.63, 3.8) is 0 Å². The van der Waals surface area contributed by atoms with E-state index in [0.717, 1.165) is 12.0 Å². The fourth-order valence-electron chi connectivity index (χ4n) is 2.64. The molecule has 1 saturated carbocycles. The molecule has 0 bridgehead atoms. The molecule has 18 heavy (non-hydrogen) atoms. The Bertz CT molecular complexity index is 684. The molecule has 0 saturated heterocycles. The fraction of sp³-hybridized carbons (Fsp3) is 0.385. The van der Waals surface area contributed by atoms with Crippen molar-refractivity contribution in [3.8, 4) is 0 Å². The molecule has 0 amide bonds. The summed E-state index contributed by atoms with van der Waals surface area (Å²) in [5, 5.41) is 0. The molecule has 1 aliphatic rings. The first-order chi connectivity index (χ1) is 8.57. The number of aromatic amines is 1. The first-order valence-corrected chi connectivity index (χ1v) is 5.79. The highest BCUT2D eigenvalue weighted by molar-refractivity contribution is 5.89. The zero-order valence-electron chi connectivity index (χ0n) is 10.1. The number of oxazole rings is 1. The molecule has 1 aromatic heterocycles. The summed E-state index contributed by atoms with van der Waals surface area (Å²) in [6.07, 6.45) is 0.771. The maximum atomic E-state index is 11.9. The van der Waals surface area contributed by atoms with Gasteiger partial charge in [0.15, 0.2) is 5.58 Å². The van der Waals surface area contributed by atoms with E-state index in [4.69, 9.17) is 9.15 Å². The second-order valence-corrected chi connectivity index (χ2v) is 4.79. The number of esters is 1. The van der Waals surface area contributed by atoms with E-state index in [2.05, 4.69) is 4.98 Å². The molecule has 5 nitrogen and oxygen atoms in total. The van der Waals surface area contributed by atoms with Crippen molar-refractivity contribution in [1.29, 1.82) is 0 Å². The first kappa shape index (κ1) is 11.1. The summed E-state index contributed by atoms with van der Waals surface area (Å²) in [6, 6.07) is 5.32. The lowest BCUT2D eigenvalue weighted by atomic mass is 9.93. The van der Waals surface area contributed by atoms with Gasteiger partial charge in [-0.15, -0.1) is 0 Å². The summed E-state index contributed by atoms with van der Waals surface area (Å²) in [6.45, 7) is 2.01. The second-order valence-electron chi connectivity index (χ2n) is 4.79. The smallest absolute Gasteiger partial charge is 0.417 e. The number of hydrogen-bond acceptors (Lipinski definition) is 4. The van der Waals surface area contributed by atoms with Crippen LogP contribution < -0.4 is 5.76 Å². The minimum atomic E-state index is -0.558. The van der Waals surface area contributed by atoms with Gasteiger partial charge in [-0.25, -0.2) is 4.79 Å². The number of benzene rings is 1. The van der Waals surface area contributed by atoms with Crippen LogP contribution in [0.4, 0.5) is 0 Å². The SMILES string of the molecule is COC(=O)C1(c2ccc3oc(=O)[nH]c3c2)CC1C. The summed E-state index contributed by atoms with van der Waals surface area (Å²) in [7, 11) is 1.40. The van der Waals surface area contributed by atoms with Crippen LogP contribution in [0.15, 0.2) is 27.4 Å². The lowest BCUT2D eigenvalue weighted by Gasteiger charge is -2.14. The minimum absolute atomic E-state index is 0.222. The molecule has 2 aromatic rings. The van der Waals surface area contributed by atoms with Gasteiger partial charge in [-0.1, -0.05) is 13.0 Å². The minimum Gasteiger partial charge on any atom is -0.468 e. The quantitative estimate of drug-likeness (QED) is 0.817. The lowest BCUT2D eigenvalue weighted by molar-refractivity contribution is -0.144. The van der Waals surface area contributed by atoms with Crippen LogP contribution in [0.25, 0.3) is 11.1 Å². The molecule has 3 rings (SSSR count). The van der Waals surface area contributed by atoms with E-state index < -0.39 is 11.2 Å². The van der Waals surface area contributed by atoms with Gasteiger partial charge in [-0.3, -0.25) is 9.78 Å². The Hall–Kier alpha value is -2.04. The van der Waals surface area contributed by atoms with Gasteiger partial charge in [0.25, 0.3) is 0 Å². The van der Waals surface area contributed by atoms with E-state index in [0.29, 0.717) is 11.1 Å². The maximum Gasteiger partial charge on any atom is 0.417 e. The number of nitrogens with one attached hydrogen (secondary N) is 1. The van der Waals surface area contributed by atoms with Gasteiger partial charge < -0.3 is 9.15 Å². The molecule has 2 atom stereocenters. The Labute approximate surface area is 103 Å². The van der Waals surface area contributed by atoms with Crippen LogP contribution in [0.5, 0.6) is 0 Å². The highest BCUT2D eigenvalue weighted by Crippen LogP contribution is 2.55. The zero-order valence-corrected chi connectivity index (χ0v) is 10.1. The molecular formula is C13H13NO4. The number of rotatable bonds is 2. The number of H-pyrrole nitrogens is 1. The van der Waals surface area contributed by atoms with Crippen LogP contribution >= 0.6 is 0 Å². The van der Waals surface area contributed by atoms with Gasteiger partial charge in [-0.2, -0.15) is 0 Å². The zero-order chi connectivity index (χ0) is 12.9. The standard InChI is InChI=1S/C13H13NO4/c1-7-6-13(7,11(15)17-2)8-3-4-10-9(5-8)14-12(16)18-10/h3-5,7H,6H2,1-2H3,(H,14,16). The predicted molar refractivity (Wildman–Crippen MR) is 64.3 cm³/mol. The van der Waals surface area contributed by atoms with Crippen LogP contribution in [0.3, 0.4) is 0 Å². The number of methoxy groups -OCH3 is 1. The van der Waals surface area contributed by atoms with Crippen molar-refractivity contribution >= 4 is 17.1 Å². The Morgan fingerprint density at radius 1 is 1.56 bits per heavy atom. The number of ether oxygens (including phenoxy) is 1. The Balaban J connectivity index is 2.14. The van der Waals surface area contributed by atoms with Gasteiger partial charge in [0.1, 0.15) is 0 Å². The topological polar surface area (TPSA) is 72.3 Å². The molecule has 0 radical (unpaired) electrons. The number of fused-ring (bicyclic) bond motifs is 1. The number of aromatic nitrogens is 1. The number of hydrogen-bond donors (Lipinski definition) is 1. The van der Waals surface area contributed by atoms with Crippen LogP contribution in [-0.2, 0) is 14.9 Å². The molecule has 2 unspecified atom stereocenters. The molecule has 1 fully saturated rings. The van der Waals surface area contributed by atoms with E-state index in [1.807, 2.05) is 13.0 Å². The third-order valence-electron chi connectivity index (χ3n) is 3.79. The summed E-state index contributed by atoms with van der Waals surface area (Å²) >= 11 is 0. The molecule has 5 heteroatoms. The molecule has 1 aliphatic carbocycles. The fourth-order valence-corrected chi connectivity index (χ4v) is 2.64. The predicted octanol–water partition coefficient (Wildman–Crippen LogP) is 1.57. The molecule has 1 heterocycles. The molecule has 0 aliphatic heterocycles. The normalized spacial score (nSPS) is 26.2. The van der Waals surface area contributed by atoms with Gasteiger partial charge in [0, 0.05) is 0 Å². The molecule has 94 valence electrons. The van der Waals surface area contributed by atoms with Crippen molar-refractivity contribution in [3.05, 3.63) is 34.3 Å². The van der Waals surface area contributed by atoms with Crippen LogP contribution in [-0.4, -0.2) is 18.1 Å². The number of carbonyl (C=O) groups excluding carboxylic acids is 1. The van der Waals surface area contributed by atoms with Crippen molar-refractivity contribution in [1.82, 2.24) is 4.98 Å². The molecular weight excluding hydrogens is 234 g/mol. The highest BCUT2D eigenvalue weighted by Gasteiger charge is 2.59. The van der Waals surface area contributed by atoms with Crippen molar-refractivity contribution in [2.24, 2.45) is 5.92 Å². The third kappa shape index (κ3) is 1.33. The summed E-state index contributed by atoms with van der Waals surface area (Å²) in [5.74, 6) is -0.459. The van der Waals surface area contributed by atoms with E-state index in [-0.39, 0.29) is 11.9 Å². The van der Waals surface area contributed by atoms with Crippen LogP contribution in [0.2, 0.25) is 0 Å². The van der Waals surface area contributed by atoms with E-state index in [1.54, 1.807) is 12.1 Å². The Morgan fingerprint density at radius 2 is 2.28 bits per heavy atom. The summed E-state index contributed by atoms with van der Waals surface area (Å²) < 4.78 is 9.83. The summed E-state index contributed by atoms with van der Waals surface area (Å²) in [5.41, 5.74) is 1.42. The van der Waals surface area contributed by atoms with Gasteiger partial charge in [-0.05, 0) is 30.0 Å². The van der Waals surface area contributed by atoms with Gasteiger partial charge in [0.2, 0.25) is 0 Å². The molecule has 0 spiro atoms. The largest absolute Gasteiger partial charge is 0.468 e. The van der Waals surface area contributed by atoms with E-state index in [9.17, 15) is 9.59 Å². The second kappa shape index (κ2) is 3.48. The lowest BCUT2D eigenvalue weighted by Crippen LogP contribution is -2.24. The first-order valence-electron chi connectivity index (χ1n) is 5.79. The highest BCUT2D eigenvalue weighted by atomic mass is 16.5. The molecule has 1 aromatic carbocycles. The third-order valence-corrected chi connectivity index (χ3v) is 3.79. The van der Waals surface area contributed by atoms with Gasteiger partial charge in [0.05, 0.1) is 18.0 Å². The molecule has 1 N–H and O–H groups in total. The van der Waals surface area contributed by atoms with Crippen molar-refractivity contribution in [2.75, 3.05) is 7.11 Å². The Kier molecular flexibility index (Phi) is 2.14. The van der Waals surface area contributed by atoms with Crippen LogP contribution in [0.1, 0.15) is 18.9 Å². The van der Waals surface area contributed by atoms with Crippen molar-refractivity contribution < 1.29 is 13.9 Å². The average Bonchev–Trinajstić information content (AvgIpc) is 2.89.